The number of H-pyrrole nitrogens is 1. The van der Waals surface area contributed by atoms with Gasteiger partial charge in [0.25, 0.3) is 5.56 Å². The summed E-state index contributed by atoms with van der Waals surface area (Å²) in [6, 6.07) is 1.64. The molecule has 2 heterocycles. The highest BCUT2D eigenvalue weighted by molar-refractivity contribution is 5.94. The molecule has 0 spiro atoms. The van der Waals surface area contributed by atoms with Crippen LogP contribution >= 0.6 is 0 Å². The average molecular weight is 372 g/mol. The van der Waals surface area contributed by atoms with E-state index in [9.17, 15) is 19.5 Å². The predicted octanol–water partition coefficient (Wildman–Crippen LogP) is 0.376. The van der Waals surface area contributed by atoms with Crippen LogP contribution in [-0.2, 0) is 9.59 Å². The zero-order valence-corrected chi connectivity index (χ0v) is 15.5. The lowest BCUT2D eigenvalue weighted by Crippen LogP contribution is -2.42. The van der Waals surface area contributed by atoms with Gasteiger partial charge in [0.05, 0.1) is 5.69 Å². The Balaban J connectivity index is 1.91. The number of nitrogens with zero attached hydrogens (tertiary/aromatic N) is 3. The molecule has 0 bridgehead atoms. The minimum absolute atomic E-state index is 0.187. The molecule has 2 atom stereocenters. The monoisotopic (exact) mass is 372 g/mol. The molecule has 0 aromatic carbocycles. The summed E-state index contributed by atoms with van der Waals surface area (Å²) < 4.78 is 1.35. The number of amides is 1. The molecule has 0 aliphatic heterocycles. The molecule has 9 heteroatoms. The van der Waals surface area contributed by atoms with Crippen LogP contribution < -0.4 is 16.0 Å². The Hall–Kier alpha value is -2.97. The van der Waals surface area contributed by atoms with Gasteiger partial charge < -0.3 is 15.2 Å². The molecular weight excluding hydrogens is 350 g/mol. The molecule has 1 amide bonds. The summed E-state index contributed by atoms with van der Waals surface area (Å²) in [6.45, 7) is 5.14. The van der Waals surface area contributed by atoms with Gasteiger partial charge in [-0.05, 0) is 33.6 Å². The zero-order chi connectivity index (χ0) is 19.7. The van der Waals surface area contributed by atoms with Crippen LogP contribution in [0.4, 0.5) is 5.82 Å². The van der Waals surface area contributed by atoms with Gasteiger partial charge in [-0.1, -0.05) is 12.8 Å². The summed E-state index contributed by atoms with van der Waals surface area (Å²) in [5, 5.41) is 18.4. The normalized spacial score (nSPS) is 19.7. The Kier molecular flexibility index (Phi) is 5.11. The number of carboxylic acid groups (broad SMARTS) is 1. The molecule has 0 radical (unpaired) electrons. The van der Waals surface area contributed by atoms with Crippen LogP contribution in [0.3, 0.4) is 0 Å². The minimum atomic E-state index is -1.19. The van der Waals surface area contributed by atoms with Gasteiger partial charge in [-0.3, -0.25) is 14.6 Å². The fourth-order valence-electron chi connectivity index (χ4n) is 3.43. The Morgan fingerprint density at radius 2 is 1.89 bits per heavy atom. The quantitative estimate of drug-likeness (QED) is 0.797. The molecule has 144 valence electrons. The summed E-state index contributed by atoms with van der Waals surface area (Å²) in [5.41, 5.74) is 1.40. The van der Waals surface area contributed by atoms with Gasteiger partial charge in [-0.15, -0.1) is 0 Å². The largest absolute Gasteiger partial charge is 0.550 e. The summed E-state index contributed by atoms with van der Waals surface area (Å²) >= 11 is 0. The molecule has 1 aliphatic carbocycles. The van der Waals surface area contributed by atoms with Gasteiger partial charge in [0, 0.05) is 35.1 Å². The first-order chi connectivity index (χ1) is 12.8. The minimum Gasteiger partial charge on any atom is -0.550 e. The number of carbonyl (C=O) groups excluding carboxylic acids is 2. The first-order valence-corrected chi connectivity index (χ1v) is 8.94. The maximum absolute atomic E-state index is 12.7. The number of anilines is 1. The third-order valence-corrected chi connectivity index (χ3v) is 5.07. The maximum atomic E-state index is 12.7. The number of hydrogen-bond acceptors (Lipinski definition) is 6. The number of carboxylic acids is 1. The van der Waals surface area contributed by atoms with Crippen LogP contribution in [0.2, 0.25) is 0 Å². The van der Waals surface area contributed by atoms with Crippen LogP contribution in [0.1, 0.15) is 42.6 Å². The van der Waals surface area contributed by atoms with E-state index >= 15 is 0 Å². The van der Waals surface area contributed by atoms with Gasteiger partial charge in [-0.2, -0.15) is 9.78 Å². The van der Waals surface area contributed by atoms with Crippen molar-refractivity contribution in [2.45, 2.75) is 46.5 Å². The zero-order valence-electron chi connectivity index (χ0n) is 15.5. The standard InChI is InChI=1S/C18H23N5O4/c1-9-8-14(20-16(25)12-6-4-5-7-13(12)17(26)27)23(22-9)18-19-11(3)10(2)15(24)21-18/h8,12-13H,4-7H2,1-3H3,(H,20,25)(H,26,27)(H,19,21,24)/p-1/t12-,13-/m1/s1. The van der Waals surface area contributed by atoms with Crippen molar-refractivity contribution in [2.75, 3.05) is 5.32 Å². The Labute approximate surface area is 155 Å². The van der Waals surface area contributed by atoms with Crippen LogP contribution in [0.5, 0.6) is 0 Å². The fraction of sp³-hybridized carbons (Fsp3) is 0.500. The first-order valence-electron chi connectivity index (χ1n) is 8.94. The lowest BCUT2D eigenvalue weighted by molar-refractivity contribution is -0.313. The van der Waals surface area contributed by atoms with Gasteiger partial charge in [-0.25, -0.2) is 4.98 Å². The number of carbonyl (C=O) groups is 2. The van der Waals surface area contributed by atoms with E-state index in [1.54, 1.807) is 26.8 Å². The number of aliphatic carboxylic acids is 1. The Morgan fingerprint density at radius 3 is 2.52 bits per heavy atom. The van der Waals surface area contributed by atoms with Crippen LogP contribution in [0.25, 0.3) is 5.95 Å². The van der Waals surface area contributed by atoms with Crippen molar-refractivity contribution in [3.05, 3.63) is 33.4 Å². The number of aryl methyl sites for hydroxylation is 2. The van der Waals surface area contributed by atoms with E-state index in [1.165, 1.54) is 4.68 Å². The SMILES string of the molecule is Cc1cc(NC(=O)[C@@H]2CCCC[C@H]2C(=O)[O-])n(-c2nc(C)c(C)c(=O)[nH]2)n1. The van der Waals surface area contributed by atoms with E-state index in [4.69, 9.17) is 0 Å². The average Bonchev–Trinajstić information content (AvgIpc) is 2.99. The van der Waals surface area contributed by atoms with Gasteiger partial charge >= 0.3 is 0 Å². The van der Waals surface area contributed by atoms with Crippen molar-refractivity contribution in [1.29, 1.82) is 0 Å². The highest BCUT2D eigenvalue weighted by atomic mass is 16.4. The smallest absolute Gasteiger partial charge is 0.255 e. The fourth-order valence-corrected chi connectivity index (χ4v) is 3.43. The molecule has 2 N–H and O–H groups in total. The highest BCUT2D eigenvalue weighted by Gasteiger charge is 2.32. The van der Waals surface area contributed by atoms with E-state index < -0.39 is 23.7 Å². The number of rotatable bonds is 4. The predicted molar refractivity (Wildman–Crippen MR) is 95.3 cm³/mol. The third-order valence-electron chi connectivity index (χ3n) is 5.07. The van der Waals surface area contributed by atoms with Crippen molar-refractivity contribution in [3.8, 4) is 5.95 Å². The molecule has 27 heavy (non-hydrogen) atoms. The number of nitrogens with one attached hydrogen (secondary N) is 2. The number of aromatic amines is 1. The van der Waals surface area contributed by atoms with E-state index in [2.05, 4.69) is 20.4 Å². The van der Waals surface area contributed by atoms with Crippen LogP contribution in [0, 0.1) is 32.6 Å². The summed E-state index contributed by atoms with van der Waals surface area (Å²) in [6.07, 6.45) is 2.50. The molecule has 0 unspecified atom stereocenters. The highest BCUT2D eigenvalue weighted by Crippen LogP contribution is 2.31. The van der Waals surface area contributed by atoms with Gasteiger partial charge in [0.2, 0.25) is 11.9 Å². The van der Waals surface area contributed by atoms with Crippen LogP contribution in [-0.4, -0.2) is 31.6 Å². The molecule has 2 aromatic rings. The van der Waals surface area contributed by atoms with Crippen molar-refractivity contribution >= 4 is 17.7 Å². The lowest BCUT2D eigenvalue weighted by atomic mass is 9.79. The first kappa shape index (κ1) is 18.8. The van der Waals surface area contributed by atoms with Crippen molar-refractivity contribution < 1.29 is 14.7 Å². The second-order valence-corrected chi connectivity index (χ2v) is 6.99. The number of hydrogen-bond donors (Lipinski definition) is 2. The number of aromatic nitrogens is 4. The van der Waals surface area contributed by atoms with Crippen molar-refractivity contribution in [1.82, 2.24) is 19.7 Å². The van der Waals surface area contributed by atoms with Gasteiger partial charge in [0.15, 0.2) is 0 Å². The van der Waals surface area contributed by atoms with E-state index in [-0.39, 0.29) is 11.5 Å². The second-order valence-electron chi connectivity index (χ2n) is 6.99. The van der Waals surface area contributed by atoms with Crippen molar-refractivity contribution in [2.24, 2.45) is 11.8 Å². The molecular formula is C18H22N5O4-. The summed E-state index contributed by atoms with van der Waals surface area (Å²) in [5.74, 6) is -2.52. The topological polar surface area (TPSA) is 133 Å². The molecule has 2 aromatic heterocycles. The van der Waals surface area contributed by atoms with Gasteiger partial charge in [0.1, 0.15) is 5.82 Å². The van der Waals surface area contributed by atoms with E-state index in [1.807, 2.05) is 0 Å². The van der Waals surface area contributed by atoms with Crippen molar-refractivity contribution in [3.63, 3.8) is 0 Å². The third kappa shape index (κ3) is 3.76. The molecule has 3 rings (SSSR count). The summed E-state index contributed by atoms with van der Waals surface area (Å²) in [4.78, 5) is 43.1. The molecule has 1 fully saturated rings. The van der Waals surface area contributed by atoms with Crippen LogP contribution in [0.15, 0.2) is 10.9 Å². The Morgan fingerprint density at radius 1 is 1.22 bits per heavy atom. The molecule has 1 saturated carbocycles. The lowest BCUT2D eigenvalue weighted by Gasteiger charge is -2.31. The maximum Gasteiger partial charge on any atom is 0.255 e. The molecule has 0 saturated heterocycles. The van der Waals surface area contributed by atoms with E-state index in [0.29, 0.717) is 35.6 Å². The summed E-state index contributed by atoms with van der Waals surface area (Å²) in [7, 11) is 0. The second kappa shape index (κ2) is 7.34. The van der Waals surface area contributed by atoms with E-state index in [0.717, 1.165) is 12.8 Å². The molecule has 1 aliphatic rings. The Bertz CT molecular complexity index is 946. The molecule has 9 nitrogen and oxygen atoms in total.